The largest absolute Gasteiger partial charge is 0.383 e. The summed E-state index contributed by atoms with van der Waals surface area (Å²) in [6.45, 7) is 0. The smallest absolute Gasteiger partial charge is 0.146 e. The number of halogens is 1. The van der Waals surface area contributed by atoms with Gasteiger partial charge < -0.3 is 10.3 Å². The van der Waals surface area contributed by atoms with Gasteiger partial charge in [-0.15, -0.1) is 0 Å². The number of rotatable bonds is 1. The molecule has 4 nitrogen and oxygen atoms in total. The van der Waals surface area contributed by atoms with E-state index in [9.17, 15) is 0 Å². The molecule has 2 N–H and O–H groups in total. The monoisotopic (exact) mass is 328 g/mol. The fourth-order valence-electron chi connectivity index (χ4n) is 3.07. The van der Waals surface area contributed by atoms with Crippen molar-refractivity contribution in [2.75, 3.05) is 5.73 Å². The number of anilines is 1. The first kappa shape index (κ1) is 11.9. The fraction of sp³-hybridized carbons (Fsp3) is 0.200. The van der Waals surface area contributed by atoms with Gasteiger partial charge in [-0.1, -0.05) is 24.3 Å². The molecule has 5 heteroatoms. The Balaban J connectivity index is 1.84. The molecule has 0 bridgehead atoms. The van der Waals surface area contributed by atoms with Crippen LogP contribution in [0.5, 0.6) is 0 Å². The van der Waals surface area contributed by atoms with E-state index in [4.69, 9.17) is 5.73 Å². The third-order valence-corrected chi connectivity index (χ3v) is 4.62. The SMILES string of the molecule is Nc1ncnc2c1c(Br)cn2C1Cc2ccccc2C1. The minimum absolute atomic E-state index is 0.399. The van der Waals surface area contributed by atoms with Gasteiger partial charge in [-0.25, -0.2) is 9.97 Å². The minimum Gasteiger partial charge on any atom is -0.383 e. The van der Waals surface area contributed by atoms with Crippen LogP contribution in [-0.4, -0.2) is 14.5 Å². The highest BCUT2D eigenvalue weighted by molar-refractivity contribution is 9.10. The molecule has 0 saturated carbocycles. The molecule has 0 aliphatic heterocycles. The van der Waals surface area contributed by atoms with E-state index in [0.717, 1.165) is 28.3 Å². The van der Waals surface area contributed by atoms with Gasteiger partial charge in [0.25, 0.3) is 0 Å². The highest BCUT2D eigenvalue weighted by Gasteiger charge is 2.25. The number of fused-ring (bicyclic) bond motifs is 2. The predicted octanol–water partition coefficient (Wildman–Crippen LogP) is 3.12. The second-order valence-corrected chi connectivity index (χ2v) is 6.03. The maximum Gasteiger partial charge on any atom is 0.146 e. The van der Waals surface area contributed by atoms with E-state index in [1.54, 1.807) is 0 Å². The molecule has 0 saturated heterocycles. The summed E-state index contributed by atoms with van der Waals surface area (Å²) in [6, 6.07) is 9.02. The molecule has 0 unspecified atom stereocenters. The Kier molecular flexibility index (Phi) is 2.57. The lowest BCUT2D eigenvalue weighted by molar-refractivity contribution is 0.542. The van der Waals surface area contributed by atoms with Gasteiger partial charge >= 0.3 is 0 Å². The van der Waals surface area contributed by atoms with E-state index in [1.807, 2.05) is 0 Å². The van der Waals surface area contributed by atoms with Crippen molar-refractivity contribution in [2.45, 2.75) is 18.9 Å². The van der Waals surface area contributed by atoms with Crippen LogP contribution in [0.25, 0.3) is 11.0 Å². The highest BCUT2D eigenvalue weighted by Crippen LogP contribution is 2.36. The number of nitrogens with two attached hydrogens (primary N) is 1. The van der Waals surface area contributed by atoms with Gasteiger partial charge in [0.05, 0.1) is 5.39 Å². The molecule has 0 radical (unpaired) electrons. The number of nitrogen functional groups attached to an aromatic ring is 1. The van der Waals surface area contributed by atoms with Crippen LogP contribution >= 0.6 is 15.9 Å². The van der Waals surface area contributed by atoms with Crippen LogP contribution in [0.2, 0.25) is 0 Å². The quantitative estimate of drug-likeness (QED) is 0.746. The van der Waals surface area contributed by atoms with Crippen LogP contribution in [0.1, 0.15) is 17.2 Å². The maximum absolute atomic E-state index is 5.96. The summed E-state index contributed by atoms with van der Waals surface area (Å²) >= 11 is 3.57. The van der Waals surface area contributed by atoms with Crippen LogP contribution in [0.15, 0.2) is 41.3 Å². The molecule has 0 fully saturated rings. The Morgan fingerprint density at radius 1 is 1.15 bits per heavy atom. The van der Waals surface area contributed by atoms with E-state index >= 15 is 0 Å². The molecular weight excluding hydrogens is 316 g/mol. The third-order valence-electron chi connectivity index (χ3n) is 4.02. The first-order chi connectivity index (χ1) is 9.74. The molecule has 100 valence electrons. The van der Waals surface area contributed by atoms with Crippen molar-refractivity contribution in [3.05, 3.63) is 52.4 Å². The summed E-state index contributed by atoms with van der Waals surface area (Å²) in [5.41, 5.74) is 9.72. The van der Waals surface area contributed by atoms with E-state index in [-0.39, 0.29) is 0 Å². The number of aromatic nitrogens is 3. The lowest BCUT2D eigenvalue weighted by Gasteiger charge is -2.12. The van der Waals surface area contributed by atoms with Crippen LogP contribution < -0.4 is 5.73 Å². The van der Waals surface area contributed by atoms with E-state index in [1.165, 1.54) is 17.5 Å². The van der Waals surface area contributed by atoms with Gasteiger partial charge in [0, 0.05) is 16.7 Å². The molecule has 4 rings (SSSR count). The third kappa shape index (κ3) is 1.66. The Bertz CT molecular complexity index is 784. The van der Waals surface area contributed by atoms with Crippen molar-refractivity contribution >= 4 is 32.8 Å². The zero-order chi connectivity index (χ0) is 13.7. The molecular formula is C15H13BrN4. The number of benzene rings is 1. The standard InChI is InChI=1S/C15H13BrN4/c16-12-7-20(15-13(12)14(17)18-8-19-15)11-5-9-3-1-2-4-10(9)6-11/h1-4,7-8,11H,5-6H2,(H2,17,18,19). The summed E-state index contributed by atoms with van der Waals surface area (Å²) in [6.07, 6.45) is 5.68. The molecule has 0 atom stereocenters. The number of hydrogen-bond acceptors (Lipinski definition) is 3. The second kappa shape index (κ2) is 4.31. The van der Waals surface area contributed by atoms with Crippen LogP contribution in [0.3, 0.4) is 0 Å². The van der Waals surface area contributed by atoms with Crippen molar-refractivity contribution in [2.24, 2.45) is 0 Å². The summed E-state index contributed by atoms with van der Waals surface area (Å²) in [5.74, 6) is 0.524. The van der Waals surface area contributed by atoms with E-state index in [0.29, 0.717) is 11.9 Å². The second-order valence-electron chi connectivity index (χ2n) is 5.17. The van der Waals surface area contributed by atoms with Crippen molar-refractivity contribution in [1.82, 2.24) is 14.5 Å². The fourth-order valence-corrected chi connectivity index (χ4v) is 3.67. The van der Waals surface area contributed by atoms with Crippen LogP contribution in [0.4, 0.5) is 5.82 Å². The van der Waals surface area contributed by atoms with Crippen molar-refractivity contribution < 1.29 is 0 Å². The first-order valence-corrected chi connectivity index (χ1v) is 7.36. The van der Waals surface area contributed by atoms with Gasteiger partial charge in [-0.2, -0.15) is 0 Å². The lowest BCUT2D eigenvalue weighted by Crippen LogP contribution is -2.08. The topological polar surface area (TPSA) is 56.7 Å². The summed E-state index contributed by atoms with van der Waals surface area (Å²) in [7, 11) is 0. The van der Waals surface area contributed by atoms with Crippen LogP contribution in [-0.2, 0) is 12.8 Å². The Labute approximate surface area is 124 Å². The molecule has 0 amide bonds. The molecule has 1 aliphatic rings. The normalized spacial score (nSPS) is 14.8. The van der Waals surface area contributed by atoms with Crippen molar-refractivity contribution in [3.63, 3.8) is 0 Å². The molecule has 0 spiro atoms. The van der Waals surface area contributed by atoms with Crippen LogP contribution in [0, 0.1) is 0 Å². The summed E-state index contributed by atoms with van der Waals surface area (Å²) in [5, 5.41) is 0.906. The maximum atomic E-state index is 5.96. The van der Waals surface area contributed by atoms with E-state index < -0.39 is 0 Å². The highest BCUT2D eigenvalue weighted by atomic mass is 79.9. The minimum atomic E-state index is 0.399. The van der Waals surface area contributed by atoms with Gasteiger partial charge in [-0.3, -0.25) is 0 Å². The average Bonchev–Trinajstić information content (AvgIpc) is 3.00. The average molecular weight is 329 g/mol. The number of hydrogen-bond donors (Lipinski definition) is 1. The van der Waals surface area contributed by atoms with Gasteiger partial charge in [0.1, 0.15) is 17.8 Å². The Morgan fingerprint density at radius 2 is 1.85 bits per heavy atom. The molecule has 2 aromatic heterocycles. The van der Waals surface area contributed by atoms with Gasteiger partial charge in [0.2, 0.25) is 0 Å². The molecule has 1 aromatic carbocycles. The predicted molar refractivity (Wildman–Crippen MR) is 82.5 cm³/mol. The molecule has 1 aliphatic carbocycles. The molecule has 2 heterocycles. The Hall–Kier alpha value is -1.88. The van der Waals surface area contributed by atoms with E-state index in [2.05, 4.69) is 60.9 Å². The first-order valence-electron chi connectivity index (χ1n) is 6.57. The van der Waals surface area contributed by atoms with Crippen molar-refractivity contribution in [1.29, 1.82) is 0 Å². The van der Waals surface area contributed by atoms with Crippen molar-refractivity contribution in [3.8, 4) is 0 Å². The molecule has 20 heavy (non-hydrogen) atoms. The Morgan fingerprint density at radius 3 is 2.55 bits per heavy atom. The lowest BCUT2D eigenvalue weighted by atomic mass is 10.1. The summed E-state index contributed by atoms with van der Waals surface area (Å²) in [4.78, 5) is 8.48. The molecule has 3 aromatic rings. The van der Waals surface area contributed by atoms with Gasteiger partial charge in [0.15, 0.2) is 0 Å². The van der Waals surface area contributed by atoms with Gasteiger partial charge in [-0.05, 0) is 39.9 Å². The zero-order valence-electron chi connectivity index (χ0n) is 10.8. The zero-order valence-corrected chi connectivity index (χ0v) is 12.3. The number of nitrogens with zero attached hydrogens (tertiary/aromatic N) is 3. The summed E-state index contributed by atoms with van der Waals surface area (Å²) < 4.78 is 3.18.